The second-order valence-electron chi connectivity index (χ2n) is 8.85. The van der Waals surface area contributed by atoms with Crippen LogP contribution in [0.4, 0.5) is 11.4 Å². The van der Waals surface area contributed by atoms with Gasteiger partial charge in [-0.25, -0.2) is 4.98 Å². The molecule has 2 heterocycles. The van der Waals surface area contributed by atoms with E-state index < -0.39 is 6.10 Å². The molecule has 0 bridgehead atoms. The molecule has 1 aliphatic rings. The number of amides is 2. The van der Waals surface area contributed by atoms with Crippen molar-refractivity contribution in [3.63, 3.8) is 0 Å². The lowest BCUT2D eigenvalue weighted by atomic mass is 10.1. The zero-order valence-electron chi connectivity index (χ0n) is 20.0. The number of hydrogen-bond donors (Lipinski definition) is 1. The summed E-state index contributed by atoms with van der Waals surface area (Å²) in [5.41, 5.74) is 3.97. The standard InChI is InChI=1S/C30H23N3O3S/c1-19-30(35)33(17-28(34)31-24-13-7-11-20-8-5-6-12-23(20)24)26-16-22(14-15-27(26)36-19)25-18-37-29(32-25)21-9-3-2-4-10-21/h2-16,18-19H,17H2,1H3,(H,31,34). The highest BCUT2D eigenvalue weighted by Crippen LogP contribution is 2.38. The van der Waals surface area contributed by atoms with Crippen LogP contribution in [0, 0.1) is 0 Å². The largest absolute Gasteiger partial charge is 0.479 e. The highest BCUT2D eigenvalue weighted by atomic mass is 32.1. The summed E-state index contributed by atoms with van der Waals surface area (Å²) in [6, 6.07) is 29.3. The molecule has 0 saturated heterocycles. The van der Waals surface area contributed by atoms with E-state index in [0.29, 0.717) is 17.1 Å². The molecular formula is C30H23N3O3S. The second kappa shape index (κ2) is 9.52. The summed E-state index contributed by atoms with van der Waals surface area (Å²) in [5, 5.41) is 7.87. The summed E-state index contributed by atoms with van der Waals surface area (Å²) in [5.74, 6) is 0.0171. The Hall–Kier alpha value is -4.49. The first-order valence-electron chi connectivity index (χ1n) is 12.0. The maximum Gasteiger partial charge on any atom is 0.268 e. The quantitative estimate of drug-likeness (QED) is 0.301. The van der Waals surface area contributed by atoms with Crippen LogP contribution in [0.25, 0.3) is 32.6 Å². The van der Waals surface area contributed by atoms with Gasteiger partial charge in [-0.2, -0.15) is 0 Å². The average molecular weight is 506 g/mol. The Labute approximate surface area is 218 Å². The zero-order chi connectivity index (χ0) is 25.4. The summed E-state index contributed by atoms with van der Waals surface area (Å²) in [4.78, 5) is 32.6. The van der Waals surface area contributed by atoms with Crippen LogP contribution in [0.5, 0.6) is 5.75 Å². The summed E-state index contributed by atoms with van der Waals surface area (Å²) in [6.45, 7) is 1.57. The normalized spacial score (nSPS) is 14.8. The van der Waals surface area contributed by atoms with E-state index in [4.69, 9.17) is 9.72 Å². The fraction of sp³-hybridized carbons (Fsp3) is 0.100. The number of benzene rings is 4. The van der Waals surface area contributed by atoms with Gasteiger partial charge in [0.2, 0.25) is 5.91 Å². The second-order valence-corrected chi connectivity index (χ2v) is 9.70. The van der Waals surface area contributed by atoms with Crippen LogP contribution in [0.2, 0.25) is 0 Å². The monoisotopic (exact) mass is 505 g/mol. The maximum atomic E-state index is 13.1. The van der Waals surface area contributed by atoms with Gasteiger partial charge in [0.25, 0.3) is 5.91 Å². The lowest BCUT2D eigenvalue weighted by Crippen LogP contribution is -2.47. The van der Waals surface area contributed by atoms with Crippen LogP contribution in [0.1, 0.15) is 6.92 Å². The molecule has 1 N–H and O–H groups in total. The van der Waals surface area contributed by atoms with E-state index in [0.717, 1.165) is 32.6 Å². The van der Waals surface area contributed by atoms with Crippen molar-refractivity contribution >= 4 is 45.3 Å². The van der Waals surface area contributed by atoms with Crippen molar-refractivity contribution in [3.05, 3.63) is 96.4 Å². The molecule has 1 aromatic heterocycles. The lowest BCUT2D eigenvalue weighted by Gasteiger charge is -2.33. The highest BCUT2D eigenvalue weighted by Gasteiger charge is 2.33. The number of ether oxygens (including phenoxy) is 1. The van der Waals surface area contributed by atoms with Gasteiger partial charge in [-0.3, -0.25) is 14.5 Å². The van der Waals surface area contributed by atoms with Crippen LogP contribution in [0.15, 0.2) is 96.4 Å². The van der Waals surface area contributed by atoms with E-state index in [2.05, 4.69) is 5.32 Å². The first kappa shape index (κ1) is 22.9. The van der Waals surface area contributed by atoms with Crippen LogP contribution in [0.3, 0.4) is 0 Å². The van der Waals surface area contributed by atoms with E-state index >= 15 is 0 Å². The Morgan fingerprint density at radius 3 is 2.62 bits per heavy atom. The summed E-state index contributed by atoms with van der Waals surface area (Å²) in [7, 11) is 0. The van der Waals surface area contributed by atoms with Gasteiger partial charge in [-0.15, -0.1) is 11.3 Å². The molecular weight excluding hydrogens is 482 g/mol. The highest BCUT2D eigenvalue weighted by molar-refractivity contribution is 7.13. The number of nitrogens with one attached hydrogen (secondary N) is 1. The number of thiazole rings is 1. The van der Waals surface area contributed by atoms with Gasteiger partial charge in [0.15, 0.2) is 6.10 Å². The van der Waals surface area contributed by atoms with Crippen molar-refractivity contribution in [1.82, 2.24) is 4.98 Å². The molecule has 2 amide bonds. The molecule has 0 radical (unpaired) electrons. The summed E-state index contributed by atoms with van der Waals surface area (Å²) < 4.78 is 5.86. The molecule has 4 aromatic carbocycles. The summed E-state index contributed by atoms with van der Waals surface area (Å²) in [6.07, 6.45) is -0.687. The fourth-order valence-electron chi connectivity index (χ4n) is 4.52. The molecule has 7 heteroatoms. The van der Waals surface area contributed by atoms with E-state index in [9.17, 15) is 9.59 Å². The number of anilines is 2. The third kappa shape index (κ3) is 4.45. The number of fused-ring (bicyclic) bond motifs is 2. The SMILES string of the molecule is CC1Oc2ccc(-c3csc(-c4ccccc4)n3)cc2N(CC(=O)Nc2cccc3ccccc23)C1=O. The van der Waals surface area contributed by atoms with Crippen molar-refractivity contribution in [3.8, 4) is 27.6 Å². The smallest absolute Gasteiger partial charge is 0.268 e. The van der Waals surface area contributed by atoms with Gasteiger partial charge < -0.3 is 10.1 Å². The minimum atomic E-state index is -0.687. The predicted octanol–water partition coefficient (Wildman–Crippen LogP) is 6.38. The fourth-order valence-corrected chi connectivity index (χ4v) is 5.35. The molecule has 0 fully saturated rings. The van der Waals surface area contributed by atoms with E-state index in [1.807, 2.05) is 96.4 Å². The Morgan fingerprint density at radius 1 is 0.973 bits per heavy atom. The molecule has 0 saturated carbocycles. The average Bonchev–Trinajstić information content (AvgIpc) is 3.42. The molecule has 0 spiro atoms. The minimum absolute atomic E-state index is 0.126. The molecule has 1 unspecified atom stereocenters. The Morgan fingerprint density at radius 2 is 1.76 bits per heavy atom. The Balaban J connectivity index is 1.29. The molecule has 0 aliphatic carbocycles. The minimum Gasteiger partial charge on any atom is -0.479 e. The van der Waals surface area contributed by atoms with Crippen molar-refractivity contribution in [2.75, 3.05) is 16.8 Å². The zero-order valence-corrected chi connectivity index (χ0v) is 20.9. The van der Waals surface area contributed by atoms with Gasteiger partial charge in [-0.05, 0) is 36.6 Å². The number of rotatable bonds is 5. The van der Waals surface area contributed by atoms with E-state index in [1.54, 1.807) is 18.3 Å². The molecule has 1 aliphatic heterocycles. The van der Waals surface area contributed by atoms with Crippen molar-refractivity contribution in [1.29, 1.82) is 0 Å². The van der Waals surface area contributed by atoms with E-state index in [1.165, 1.54) is 4.90 Å². The first-order chi connectivity index (χ1) is 18.1. The topological polar surface area (TPSA) is 71.5 Å². The van der Waals surface area contributed by atoms with Crippen LogP contribution >= 0.6 is 11.3 Å². The number of hydrogen-bond acceptors (Lipinski definition) is 5. The Kier molecular flexibility index (Phi) is 5.90. The first-order valence-corrected chi connectivity index (χ1v) is 12.9. The number of carbonyl (C=O) groups excluding carboxylic acids is 2. The van der Waals surface area contributed by atoms with Crippen molar-refractivity contribution < 1.29 is 14.3 Å². The molecule has 37 heavy (non-hydrogen) atoms. The molecule has 6 rings (SSSR count). The predicted molar refractivity (Wildman–Crippen MR) is 148 cm³/mol. The van der Waals surface area contributed by atoms with Crippen LogP contribution in [-0.4, -0.2) is 29.4 Å². The molecule has 6 nitrogen and oxygen atoms in total. The third-order valence-electron chi connectivity index (χ3n) is 6.35. The van der Waals surface area contributed by atoms with Crippen LogP contribution < -0.4 is 15.0 Å². The van der Waals surface area contributed by atoms with Gasteiger partial charge in [0.1, 0.15) is 17.3 Å². The van der Waals surface area contributed by atoms with E-state index in [-0.39, 0.29) is 18.4 Å². The van der Waals surface area contributed by atoms with Gasteiger partial charge in [0.05, 0.1) is 11.4 Å². The van der Waals surface area contributed by atoms with Gasteiger partial charge in [0, 0.05) is 27.6 Å². The van der Waals surface area contributed by atoms with Crippen molar-refractivity contribution in [2.45, 2.75) is 13.0 Å². The van der Waals surface area contributed by atoms with Crippen molar-refractivity contribution in [2.24, 2.45) is 0 Å². The molecule has 5 aromatic rings. The maximum absolute atomic E-state index is 13.1. The van der Waals surface area contributed by atoms with Gasteiger partial charge >= 0.3 is 0 Å². The third-order valence-corrected chi connectivity index (χ3v) is 7.24. The Bertz CT molecular complexity index is 1620. The number of aromatic nitrogens is 1. The number of nitrogens with zero attached hydrogens (tertiary/aromatic N) is 2. The molecule has 182 valence electrons. The van der Waals surface area contributed by atoms with Gasteiger partial charge in [-0.1, -0.05) is 66.7 Å². The number of carbonyl (C=O) groups is 2. The van der Waals surface area contributed by atoms with Crippen LogP contribution in [-0.2, 0) is 9.59 Å². The molecule has 1 atom stereocenters. The lowest BCUT2D eigenvalue weighted by molar-refractivity contribution is -0.127. The summed E-state index contributed by atoms with van der Waals surface area (Å²) >= 11 is 1.56.